The van der Waals surface area contributed by atoms with Crippen LogP contribution in [0.15, 0.2) is 53.7 Å². The quantitative estimate of drug-likeness (QED) is 0.239. The second-order valence-electron chi connectivity index (χ2n) is 10.2. The van der Waals surface area contributed by atoms with Crippen LogP contribution in [0.25, 0.3) is 0 Å². The largest absolute Gasteiger partial charge is 0.300 e. The molecule has 0 spiro atoms. The maximum Gasteiger partial charge on any atom is 0.192 e. The monoisotopic (exact) mass is 490 g/mol. The first-order valence-electron chi connectivity index (χ1n) is 12.9. The van der Waals surface area contributed by atoms with Crippen LogP contribution in [0.4, 0.5) is 0 Å². The maximum absolute atomic E-state index is 13.6. The average Bonchev–Trinajstić information content (AvgIpc) is 3.49. The minimum absolute atomic E-state index is 0.157. The molecular weight excluding hydrogens is 452 g/mol. The lowest BCUT2D eigenvalue weighted by atomic mass is 9.89. The third-order valence-electron chi connectivity index (χ3n) is 6.82. The van der Waals surface area contributed by atoms with Gasteiger partial charge in [-0.15, -0.1) is 10.2 Å². The molecule has 0 saturated carbocycles. The summed E-state index contributed by atoms with van der Waals surface area (Å²) in [6, 6.07) is 16.8. The van der Waals surface area contributed by atoms with Crippen molar-refractivity contribution in [2.45, 2.75) is 82.8 Å². The second-order valence-corrected chi connectivity index (χ2v) is 11.5. The molecule has 2 heterocycles. The van der Waals surface area contributed by atoms with Gasteiger partial charge in [-0.25, -0.2) is 0 Å². The first kappa shape index (κ1) is 25.6. The van der Waals surface area contributed by atoms with Crippen molar-refractivity contribution in [2.75, 3.05) is 13.1 Å². The number of carbonyl (C=O) groups excluding carboxylic acids is 1. The number of ketones is 1. The van der Waals surface area contributed by atoms with Crippen molar-refractivity contribution < 1.29 is 4.79 Å². The number of benzene rings is 2. The van der Waals surface area contributed by atoms with Crippen molar-refractivity contribution in [3.63, 3.8) is 0 Å². The standard InChI is InChI=1S/C29H38N4OS/c1-20(2)24-13-14-25(26(17-24)21(3)4)28(34)22(5)35-29-31-30-27(19-32-15-9-10-16-32)33(29)18-23-11-7-6-8-12-23/h6-8,11-14,17,20-22H,9-10,15-16,18-19H2,1-5H3/t22-/m1/s1. The van der Waals surface area contributed by atoms with Gasteiger partial charge in [0.25, 0.3) is 0 Å². The summed E-state index contributed by atoms with van der Waals surface area (Å²) in [4.78, 5) is 16.1. The van der Waals surface area contributed by atoms with Gasteiger partial charge in [0, 0.05) is 5.56 Å². The lowest BCUT2D eigenvalue weighted by Crippen LogP contribution is -2.22. The number of nitrogens with zero attached hydrogens (tertiary/aromatic N) is 4. The van der Waals surface area contributed by atoms with Crippen LogP contribution < -0.4 is 0 Å². The lowest BCUT2D eigenvalue weighted by Gasteiger charge is -2.19. The van der Waals surface area contributed by atoms with Gasteiger partial charge in [0.2, 0.25) is 0 Å². The SMILES string of the molecule is CC(C)c1ccc(C(=O)[C@@H](C)Sc2nnc(CN3CCCC3)n2Cc2ccccc2)c(C(C)C)c1. The van der Waals surface area contributed by atoms with Crippen LogP contribution in [0.5, 0.6) is 0 Å². The highest BCUT2D eigenvalue weighted by Gasteiger charge is 2.25. The van der Waals surface area contributed by atoms with Crippen LogP contribution in [-0.4, -0.2) is 43.8 Å². The van der Waals surface area contributed by atoms with Crippen LogP contribution in [0.1, 0.15) is 92.2 Å². The van der Waals surface area contributed by atoms with E-state index in [0.29, 0.717) is 18.4 Å². The Hall–Kier alpha value is -2.44. The van der Waals surface area contributed by atoms with Gasteiger partial charge >= 0.3 is 0 Å². The van der Waals surface area contributed by atoms with Gasteiger partial charge in [0.15, 0.2) is 10.9 Å². The highest BCUT2D eigenvalue weighted by molar-refractivity contribution is 8.00. The van der Waals surface area contributed by atoms with Crippen molar-refractivity contribution in [2.24, 2.45) is 0 Å². The van der Waals surface area contributed by atoms with Gasteiger partial charge in [0.1, 0.15) is 5.82 Å². The van der Waals surface area contributed by atoms with E-state index >= 15 is 0 Å². The smallest absolute Gasteiger partial charge is 0.192 e. The Kier molecular flexibility index (Phi) is 8.45. The summed E-state index contributed by atoms with van der Waals surface area (Å²) in [6.45, 7) is 14.4. The number of hydrogen-bond acceptors (Lipinski definition) is 5. The minimum Gasteiger partial charge on any atom is -0.300 e. The predicted molar refractivity (Wildman–Crippen MR) is 144 cm³/mol. The molecule has 0 N–H and O–H groups in total. The Bertz CT molecular complexity index is 1130. The summed E-state index contributed by atoms with van der Waals surface area (Å²) in [5.74, 6) is 1.86. The first-order chi connectivity index (χ1) is 16.8. The fraction of sp³-hybridized carbons (Fsp3) is 0.483. The van der Waals surface area contributed by atoms with Crippen molar-refractivity contribution in [3.8, 4) is 0 Å². The second kappa shape index (κ2) is 11.5. The first-order valence-corrected chi connectivity index (χ1v) is 13.7. The number of hydrogen-bond donors (Lipinski definition) is 0. The Morgan fingerprint density at radius 2 is 1.63 bits per heavy atom. The number of likely N-dealkylation sites (tertiary alicyclic amines) is 1. The third kappa shape index (κ3) is 6.22. The van der Waals surface area contributed by atoms with Gasteiger partial charge in [-0.2, -0.15) is 0 Å². The zero-order valence-electron chi connectivity index (χ0n) is 21.7. The zero-order valence-corrected chi connectivity index (χ0v) is 22.5. The van der Waals surface area contributed by atoms with E-state index < -0.39 is 0 Å². The summed E-state index contributed by atoms with van der Waals surface area (Å²) >= 11 is 1.52. The summed E-state index contributed by atoms with van der Waals surface area (Å²) in [6.07, 6.45) is 2.49. The number of carbonyl (C=O) groups is 1. The summed E-state index contributed by atoms with van der Waals surface area (Å²) in [7, 11) is 0. The Labute approximate surface area is 214 Å². The van der Waals surface area contributed by atoms with E-state index in [9.17, 15) is 4.79 Å². The van der Waals surface area contributed by atoms with E-state index in [1.165, 1.54) is 35.7 Å². The zero-order chi connectivity index (χ0) is 24.9. The van der Waals surface area contributed by atoms with Crippen LogP contribution in [0.3, 0.4) is 0 Å². The molecule has 1 aliphatic rings. The van der Waals surface area contributed by atoms with Crippen molar-refractivity contribution >= 4 is 17.5 Å². The van der Waals surface area contributed by atoms with E-state index in [-0.39, 0.29) is 11.0 Å². The van der Waals surface area contributed by atoms with Crippen molar-refractivity contribution in [1.29, 1.82) is 0 Å². The lowest BCUT2D eigenvalue weighted by molar-refractivity contribution is 0.0992. The van der Waals surface area contributed by atoms with Crippen LogP contribution in [0.2, 0.25) is 0 Å². The molecule has 3 aromatic rings. The molecule has 0 aliphatic carbocycles. The molecule has 1 saturated heterocycles. The molecule has 5 nitrogen and oxygen atoms in total. The van der Waals surface area contributed by atoms with Gasteiger partial charge in [-0.3, -0.25) is 9.69 Å². The molecule has 0 radical (unpaired) electrons. The summed E-state index contributed by atoms with van der Waals surface area (Å²) in [5, 5.41) is 9.70. The highest BCUT2D eigenvalue weighted by atomic mass is 32.2. The fourth-order valence-electron chi connectivity index (χ4n) is 4.66. The van der Waals surface area contributed by atoms with E-state index in [4.69, 9.17) is 0 Å². The van der Waals surface area contributed by atoms with Gasteiger partial charge < -0.3 is 4.57 Å². The molecule has 0 unspecified atom stereocenters. The molecule has 2 aromatic carbocycles. The topological polar surface area (TPSA) is 51.0 Å². The molecular formula is C29H38N4OS. The minimum atomic E-state index is -0.254. The Morgan fingerprint density at radius 1 is 0.914 bits per heavy atom. The molecule has 0 amide bonds. The van der Waals surface area contributed by atoms with Gasteiger partial charge in [0.05, 0.1) is 18.3 Å². The van der Waals surface area contributed by atoms with Crippen LogP contribution >= 0.6 is 11.8 Å². The fourth-order valence-corrected chi connectivity index (χ4v) is 5.60. The van der Waals surface area contributed by atoms with E-state index in [2.05, 4.69) is 83.8 Å². The molecule has 1 fully saturated rings. The average molecular weight is 491 g/mol. The van der Waals surface area contributed by atoms with E-state index in [1.807, 2.05) is 19.1 Å². The molecule has 6 heteroatoms. The van der Waals surface area contributed by atoms with Crippen molar-refractivity contribution in [1.82, 2.24) is 19.7 Å². The van der Waals surface area contributed by atoms with Gasteiger partial charge in [-0.05, 0) is 61.4 Å². The molecule has 35 heavy (non-hydrogen) atoms. The molecule has 1 aromatic heterocycles. The van der Waals surface area contributed by atoms with Gasteiger partial charge in [-0.1, -0.05) is 88.0 Å². The predicted octanol–water partition coefficient (Wildman–Crippen LogP) is 6.53. The van der Waals surface area contributed by atoms with Crippen LogP contribution in [-0.2, 0) is 13.1 Å². The molecule has 0 bridgehead atoms. The Morgan fingerprint density at radius 3 is 2.29 bits per heavy atom. The number of aromatic nitrogens is 3. The number of thioether (sulfide) groups is 1. The number of Topliss-reactive ketones (excluding diaryl/α,β-unsaturated/α-hetero) is 1. The molecule has 4 rings (SSSR count). The molecule has 186 valence electrons. The van der Waals surface area contributed by atoms with Crippen LogP contribution in [0, 0.1) is 0 Å². The molecule has 1 atom stereocenters. The summed E-state index contributed by atoms with van der Waals surface area (Å²) in [5.41, 5.74) is 4.45. The third-order valence-corrected chi connectivity index (χ3v) is 7.90. The molecule has 1 aliphatic heterocycles. The van der Waals surface area contributed by atoms with E-state index in [0.717, 1.165) is 41.7 Å². The summed E-state index contributed by atoms with van der Waals surface area (Å²) < 4.78 is 2.20. The number of rotatable bonds is 10. The van der Waals surface area contributed by atoms with E-state index in [1.54, 1.807) is 0 Å². The van der Waals surface area contributed by atoms with Crippen molar-refractivity contribution in [3.05, 3.63) is 76.6 Å². The highest BCUT2D eigenvalue weighted by Crippen LogP contribution is 2.31. The maximum atomic E-state index is 13.6. The Balaban J connectivity index is 1.59. The normalized spacial score (nSPS) is 15.3.